The maximum Gasteiger partial charge on any atom is 0.237 e. The van der Waals surface area contributed by atoms with Gasteiger partial charge in [-0.1, -0.05) is 12.1 Å². The minimum Gasteiger partial charge on any atom is -0.348 e. The van der Waals surface area contributed by atoms with Crippen molar-refractivity contribution in [1.29, 1.82) is 0 Å². The second kappa shape index (κ2) is 8.41. The minimum atomic E-state index is -0.474. The molecule has 1 aliphatic rings. The first kappa shape index (κ1) is 18.8. The van der Waals surface area contributed by atoms with Crippen LogP contribution < -0.4 is 16.4 Å². The Morgan fingerprint density at radius 2 is 2.23 bits per heavy atom. The molecular formula is C15H22ClN3O2S. The van der Waals surface area contributed by atoms with E-state index in [0.717, 1.165) is 22.6 Å². The van der Waals surface area contributed by atoms with Gasteiger partial charge in [-0.15, -0.1) is 12.4 Å². The molecule has 0 radical (unpaired) electrons. The van der Waals surface area contributed by atoms with E-state index in [9.17, 15) is 9.59 Å². The average Bonchev–Trinajstić information content (AvgIpc) is 2.83. The number of anilines is 1. The summed E-state index contributed by atoms with van der Waals surface area (Å²) in [7, 11) is 0. The monoisotopic (exact) mass is 343 g/mol. The molecule has 0 saturated carbocycles. The largest absolute Gasteiger partial charge is 0.348 e. The van der Waals surface area contributed by atoms with Crippen LogP contribution in [0.25, 0.3) is 0 Å². The van der Waals surface area contributed by atoms with Gasteiger partial charge in [0, 0.05) is 5.69 Å². The first-order valence-corrected chi connectivity index (χ1v) is 8.38. The van der Waals surface area contributed by atoms with Crippen molar-refractivity contribution in [3.8, 4) is 0 Å². The first-order chi connectivity index (χ1) is 10.0. The summed E-state index contributed by atoms with van der Waals surface area (Å²) >= 11 is 1.68. The highest BCUT2D eigenvalue weighted by Crippen LogP contribution is 2.26. The third kappa shape index (κ3) is 4.63. The lowest BCUT2D eigenvalue weighted by Crippen LogP contribution is -2.41. The number of halogens is 1. The molecule has 5 nitrogen and oxygen atoms in total. The van der Waals surface area contributed by atoms with Crippen molar-refractivity contribution in [2.75, 3.05) is 17.3 Å². The molecule has 4 N–H and O–H groups in total. The molecule has 0 spiro atoms. The molecule has 22 heavy (non-hydrogen) atoms. The zero-order valence-corrected chi connectivity index (χ0v) is 14.4. The topological polar surface area (TPSA) is 84.2 Å². The number of rotatable bonds is 6. The Balaban J connectivity index is 0.00000242. The van der Waals surface area contributed by atoms with E-state index in [0.29, 0.717) is 12.8 Å². The molecule has 0 aliphatic carbocycles. The predicted molar refractivity (Wildman–Crippen MR) is 93.6 cm³/mol. The zero-order chi connectivity index (χ0) is 15.4. The highest BCUT2D eigenvalue weighted by atomic mass is 35.5. The molecule has 122 valence electrons. The molecule has 0 aromatic heterocycles. The van der Waals surface area contributed by atoms with Gasteiger partial charge in [-0.05, 0) is 42.5 Å². The van der Waals surface area contributed by atoms with E-state index < -0.39 is 6.04 Å². The highest BCUT2D eigenvalue weighted by Gasteiger charge is 2.20. The van der Waals surface area contributed by atoms with Crippen molar-refractivity contribution in [2.24, 2.45) is 5.73 Å². The number of amides is 2. The van der Waals surface area contributed by atoms with Crippen LogP contribution >= 0.6 is 24.2 Å². The summed E-state index contributed by atoms with van der Waals surface area (Å²) in [6.45, 7) is 1.92. The zero-order valence-electron chi connectivity index (χ0n) is 12.7. The number of nitrogens with one attached hydrogen (secondary N) is 2. The summed E-state index contributed by atoms with van der Waals surface area (Å²) < 4.78 is 0. The van der Waals surface area contributed by atoms with Gasteiger partial charge in [0.1, 0.15) is 0 Å². The van der Waals surface area contributed by atoms with Crippen LogP contribution in [0.15, 0.2) is 18.2 Å². The van der Waals surface area contributed by atoms with E-state index in [1.165, 1.54) is 0 Å². The van der Waals surface area contributed by atoms with Gasteiger partial charge in [-0.2, -0.15) is 11.8 Å². The van der Waals surface area contributed by atoms with Crippen LogP contribution in [-0.2, 0) is 16.0 Å². The Hall–Kier alpha value is -1.24. The Morgan fingerprint density at radius 3 is 2.91 bits per heavy atom. The maximum atomic E-state index is 12.0. The fourth-order valence-electron chi connectivity index (χ4n) is 2.30. The van der Waals surface area contributed by atoms with Gasteiger partial charge in [-0.3, -0.25) is 9.59 Å². The molecule has 1 unspecified atom stereocenters. The van der Waals surface area contributed by atoms with Crippen molar-refractivity contribution in [2.45, 2.75) is 31.8 Å². The van der Waals surface area contributed by atoms with Gasteiger partial charge in [0.25, 0.3) is 0 Å². The summed E-state index contributed by atoms with van der Waals surface area (Å²) in [6.07, 6.45) is 3.06. The van der Waals surface area contributed by atoms with Crippen LogP contribution in [0.2, 0.25) is 0 Å². The van der Waals surface area contributed by atoms with Crippen LogP contribution in [0.5, 0.6) is 0 Å². The molecule has 2 rings (SSSR count). The van der Waals surface area contributed by atoms with Crippen molar-refractivity contribution >= 4 is 41.7 Å². The number of thioether (sulfide) groups is 1. The second-order valence-electron chi connectivity index (χ2n) is 5.26. The number of nitrogens with two attached hydrogens (primary N) is 1. The lowest BCUT2D eigenvalue weighted by molar-refractivity contribution is -0.123. The molecule has 1 heterocycles. The fourth-order valence-corrected chi connectivity index (χ4v) is 2.79. The lowest BCUT2D eigenvalue weighted by Gasteiger charge is -2.18. The molecule has 1 aromatic carbocycles. The quantitative estimate of drug-likeness (QED) is 0.736. The summed E-state index contributed by atoms with van der Waals surface area (Å²) in [6, 6.07) is 5.16. The van der Waals surface area contributed by atoms with Gasteiger partial charge in [-0.25, -0.2) is 0 Å². The minimum absolute atomic E-state index is 0. The number of hydrogen-bond donors (Lipinski definition) is 3. The van der Waals surface area contributed by atoms with Crippen LogP contribution in [-0.4, -0.2) is 29.9 Å². The van der Waals surface area contributed by atoms with Gasteiger partial charge >= 0.3 is 0 Å². The van der Waals surface area contributed by atoms with Crippen molar-refractivity contribution in [3.05, 3.63) is 29.3 Å². The van der Waals surface area contributed by atoms with Crippen LogP contribution in [0.3, 0.4) is 0 Å². The molecule has 0 bridgehead atoms. The SMILES string of the molecule is CSCC[C@H](N)C(=O)NC(C)c1ccc2c(c1)CC(=O)N2.Cl. The van der Waals surface area contributed by atoms with E-state index in [1.807, 2.05) is 31.4 Å². The molecule has 2 atom stereocenters. The van der Waals surface area contributed by atoms with E-state index in [-0.39, 0.29) is 30.3 Å². The highest BCUT2D eigenvalue weighted by molar-refractivity contribution is 7.98. The molecule has 0 saturated heterocycles. The Bertz CT molecular complexity index is 554. The lowest BCUT2D eigenvalue weighted by atomic mass is 10.0. The maximum absolute atomic E-state index is 12.0. The Kier molecular flexibility index (Phi) is 7.19. The molecule has 0 fully saturated rings. The first-order valence-electron chi connectivity index (χ1n) is 6.99. The van der Waals surface area contributed by atoms with Crippen LogP contribution in [0.4, 0.5) is 5.69 Å². The van der Waals surface area contributed by atoms with E-state index >= 15 is 0 Å². The summed E-state index contributed by atoms with van der Waals surface area (Å²) in [5, 5.41) is 5.73. The predicted octanol–water partition coefficient (Wildman–Crippen LogP) is 1.86. The number of carbonyl (C=O) groups is 2. The standard InChI is InChI=1S/C15H21N3O2S.ClH/c1-9(17-15(20)12(16)5-6-21-2)10-3-4-13-11(7-10)8-14(19)18-13;/h3-4,7,9,12H,5-6,8,16H2,1-2H3,(H,17,20)(H,18,19);1H/t9?,12-;/m0./s1. The van der Waals surface area contributed by atoms with Gasteiger partial charge in [0.2, 0.25) is 11.8 Å². The van der Waals surface area contributed by atoms with Crippen molar-refractivity contribution in [3.63, 3.8) is 0 Å². The summed E-state index contributed by atoms with van der Waals surface area (Å²) in [4.78, 5) is 23.4. The van der Waals surface area contributed by atoms with E-state index in [4.69, 9.17) is 5.73 Å². The number of benzene rings is 1. The van der Waals surface area contributed by atoms with E-state index in [2.05, 4.69) is 10.6 Å². The third-order valence-electron chi connectivity index (χ3n) is 3.58. The molecule has 1 aromatic rings. The summed E-state index contributed by atoms with van der Waals surface area (Å²) in [5.41, 5.74) is 8.68. The number of hydrogen-bond acceptors (Lipinski definition) is 4. The average molecular weight is 344 g/mol. The number of fused-ring (bicyclic) bond motifs is 1. The van der Waals surface area contributed by atoms with Crippen molar-refractivity contribution in [1.82, 2.24) is 5.32 Å². The third-order valence-corrected chi connectivity index (χ3v) is 4.23. The fraction of sp³-hybridized carbons (Fsp3) is 0.467. The Morgan fingerprint density at radius 1 is 1.50 bits per heavy atom. The molecule has 2 amide bonds. The summed E-state index contributed by atoms with van der Waals surface area (Å²) in [5.74, 6) is 0.749. The Labute approximate surface area is 141 Å². The smallest absolute Gasteiger partial charge is 0.237 e. The van der Waals surface area contributed by atoms with Gasteiger partial charge in [0.15, 0.2) is 0 Å². The van der Waals surface area contributed by atoms with Gasteiger partial charge < -0.3 is 16.4 Å². The second-order valence-corrected chi connectivity index (χ2v) is 6.25. The van der Waals surface area contributed by atoms with Crippen LogP contribution in [0.1, 0.15) is 30.5 Å². The van der Waals surface area contributed by atoms with Gasteiger partial charge in [0.05, 0.1) is 18.5 Å². The van der Waals surface area contributed by atoms with Crippen LogP contribution in [0, 0.1) is 0 Å². The van der Waals surface area contributed by atoms with E-state index in [1.54, 1.807) is 11.8 Å². The number of carbonyl (C=O) groups excluding carboxylic acids is 2. The normalized spacial score (nSPS) is 15.3. The van der Waals surface area contributed by atoms with Crippen molar-refractivity contribution < 1.29 is 9.59 Å². The molecular weight excluding hydrogens is 322 g/mol. The molecule has 7 heteroatoms. The molecule has 1 aliphatic heterocycles.